The van der Waals surface area contributed by atoms with Crippen LogP contribution in [0.15, 0.2) is 0 Å². The zero-order chi connectivity index (χ0) is 13.0. The first kappa shape index (κ1) is 14.7. The van der Waals surface area contributed by atoms with Crippen molar-refractivity contribution in [2.75, 3.05) is 25.9 Å². The van der Waals surface area contributed by atoms with Gasteiger partial charge in [-0.1, -0.05) is 13.8 Å². The van der Waals surface area contributed by atoms with Gasteiger partial charge < -0.3 is 5.32 Å². The van der Waals surface area contributed by atoms with Gasteiger partial charge in [0.2, 0.25) is 0 Å². The smallest absolute Gasteiger partial charge is 0.0304 e. The number of rotatable bonds is 4. The molecular weight excluding hydrogens is 240 g/mol. The molecule has 2 nitrogen and oxygen atoms in total. The maximum Gasteiger partial charge on any atom is 0.0304 e. The van der Waals surface area contributed by atoms with Gasteiger partial charge in [-0.05, 0) is 44.8 Å². The Morgan fingerprint density at radius 1 is 1.17 bits per heavy atom. The summed E-state index contributed by atoms with van der Waals surface area (Å²) in [6, 6.07) is 0.868. The highest BCUT2D eigenvalue weighted by Crippen LogP contribution is 2.31. The minimum Gasteiger partial charge on any atom is -0.309 e. The van der Waals surface area contributed by atoms with Crippen molar-refractivity contribution >= 4 is 11.8 Å². The molecule has 1 aliphatic carbocycles. The number of hydrogen-bond donors (Lipinski definition) is 1. The van der Waals surface area contributed by atoms with Crippen LogP contribution >= 0.6 is 11.8 Å². The molecule has 0 atom stereocenters. The van der Waals surface area contributed by atoms with Crippen molar-refractivity contribution in [1.29, 1.82) is 0 Å². The van der Waals surface area contributed by atoms with Crippen LogP contribution in [-0.4, -0.2) is 47.6 Å². The summed E-state index contributed by atoms with van der Waals surface area (Å²) in [4.78, 5) is 2.79. The maximum atomic E-state index is 3.78. The summed E-state index contributed by atoms with van der Waals surface area (Å²) in [5, 5.41) is 4.71. The van der Waals surface area contributed by atoms with Crippen LogP contribution in [0.1, 0.15) is 52.4 Å². The molecule has 0 radical (unpaired) electrons. The van der Waals surface area contributed by atoms with Gasteiger partial charge in [0.15, 0.2) is 0 Å². The predicted octanol–water partition coefficient (Wildman–Crippen LogP) is 3.12. The lowest BCUT2D eigenvalue weighted by atomic mass is 9.87. The third-order valence-corrected chi connectivity index (χ3v) is 6.39. The molecule has 0 aromatic heterocycles. The zero-order valence-electron chi connectivity index (χ0n) is 12.4. The van der Waals surface area contributed by atoms with E-state index >= 15 is 0 Å². The molecule has 1 N–H and O–H groups in total. The Kier molecular flexibility index (Phi) is 5.40. The summed E-state index contributed by atoms with van der Waals surface area (Å²) in [6.45, 7) is 8.39. The van der Waals surface area contributed by atoms with Gasteiger partial charge in [0, 0.05) is 36.5 Å². The van der Waals surface area contributed by atoms with Crippen molar-refractivity contribution in [3.8, 4) is 0 Å². The number of piperazine rings is 1. The number of thioether (sulfide) groups is 1. The Hall–Kier alpha value is 0.270. The van der Waals surface area contributed by atoms with Crippen molar-refractivity contribution in [1.82, 2.24) is 10.2 Å². The van der Waals surface area contributed by atoms with Crippen molar-refractivity contribution in [2.45, 2.75) is 69.2 Å². The highest BCUT2D eigenvalue weighted by Gasteiger charge is 2.35. The van der Waals surface area contributed by atoms with E-state index < -0.39 is 0 Å². The second-order valence-corrected chi connectivity index (χ2v) is 7.19. The summed E-state index contributed by atoms with van der Waals surface area (Å²) in [5.41, 5.74) is 0.397. The van der Waals surface area contributed by atoms with Crippen LogP contribution in [0.4, 0.5) is 0 Å². The van der Waals surface area contributed by atoms with E-state index in [1.165, 1.54) is 58.2 Å². The lowest BCUT2D eigenvalue weighted by molar-refractivity contribution is 0.0696. The van der Waals surface area contributed by atoms with Crippen LogP contribution in [0.2, 0.25) is 0 Å². The first-order chi connectivity index (χ1) is 8.73. The topological polar surface area (TPSA) is 15.3 Å². The molecule has 18 heavy (non-hydrogen) atoms. The zero-order valence-corrected chi connectivity index (χ0v) is 13.2. The molecule has 1 saturated heterocycles. The van der Waals surface area contributed by atoms with Gasteiger partial charge in [0.25, 0.3) is 0 Å². The molecule has 1 aliphatic heterocycles. The molecule has 0 amide bonds. The molecule has 0 spiro atoms. The summed E-state index contributed by atoms with van der Waals surface area (Å²) >= 11 is 2.07. The Balaban J connectivity index is 1.89. The number of nitrogens with zero attached hydrogens (tertiary/aromatic N) is 1. The Morgan fingerprint density at radius 3 is 2.39 bits per heavy atom. The lowest BCUT2D eigenvalue weighted by Crippen LogP contribution is -2.62. The largest absolute Gasteiger partial charge is 0.309 e. The van der Waals surface area contributed by atoms with Crippen LogP contribution in [0.5, 0.6) is 0 Å². The highest BCUT2D eigenvalue weighted by atomic mass is 32.2. The van der Waals surface area contributed by atoms with Crippen LogP contribution < -0.4 is 5.32 Å². The van der Waals surface area contributed by atoms with Crippen LogP contribution in [0.25, 0.3) is 0 Å². The van der Waals surface area contributed by atoms with E-state index in [1.54, 1.807) is 0 Å². The number of nitrogens with one attached hydrogen (secondary N) is 1. The normalized spacial score (nSPS) is 33.5. The minimum atomic E-state index is 0.397. The van der Waals surface area contributed by atoms with Crippen LogP contribution in [0.3, 0.4) is 0 Å². The first-order valence-electron chi connectivity index (χ1n) is 7.75. The molecule has 0 unspecified atom stereocenters. The molecule has 106 valence electrons. The highest BCUT2D eigenvalue weighted by molar-refractivity contribution is 7.99. The van der Waals surface area contributed by atoms with Gasteiger partial charge in [0.05, 0.1) is 0 Å². The summed E-state index contributed by atoms with van der Waals surface area (Å²) < 4.78 is 0. The van der Waals surface area contributed by atoms with Crippen molar-refractivity contribution in [3.05, 3.63) is 0 Å². The molecule has 2 aliphatic rings. The standard InChI is InChI=1S/C15H30N2S/c1-4-15(5-2)12-17(11-10-16-15)13-6-8-14(18-3)9-7-13/h13-14,16H,4-12H2,1-3H3. The molecule has 2 rings (SSSR count). The van der Waals surface area contributed by atoms with Crippen LogP contribution in [0, 0.1) is 0 Å². The van der Waals surface area contributed by atoms with Crippen molar-refractivity contribution in [3.63, 3.8) is 0 Å². The van der Waals surface area contributed by atoms with Crippen molar-refractivity contribution in [2.24, 2.45) is 0 Å². The second kappa shape index (κ2) is 6.62. The molecule has 1 heterocycles. The Morgan fingerprint density at radius 2 is 1.83 bits per heavy atom. The lowest BCUT2D eigenvalue weighted by Gasteiger charge is -2.47. The molecule has 0 aromatic rings. The Labute approximate surface area is 117 Å². The molecule has 3 heteroatoms. The Bertz CT molecular complexity index is 245. The van der Waals surface area contributed by atoms with Gasteiger partial charge in [-0.2, -0.15) is 11.8 Å². The molecule has 1 saturated carbocycles. The molecule has 0 aromatic carbocycles. The third kappa shape index (κ3) is 3.23. The fourth-order valence-electron chi connectivity index (χ4n) is 3.67. The van der Waals surface area contributed by atoms with Gasteiger partial charge in [-0.25, -0.2) is 0 Å². The van der Waals surface area contributed by atoms with E-state index in [0.717, 1.165) is 11.3 Å². The van der Waals surface area contributed by atoms with E-state index in [0.29, 0.717) is 5.54 Å². The first-order valence-corrected chi connectivity index (χ1v) is 9.03. The average Bonchev–Trinajstić information content (AvgIpc) is 2.47. The van der Waals surface area contributed by atoms with E-state index in [-0.39, 0.29) is 0 Å². The summed E-state index contributed by atoms with van der Waals surface area (Å²) in [7, 11) is 0. The van der Waals surface area contributed by atoms with Gasteiger partial charge in [-0.3, -0.25) is 4.90 Å². The molecular formula is C15H30N2S. The van der Waals surface area contributed by atoms with Gasteiger partial charge in [-0.15, -0.1) is 0 Å². The van der Waals surface area contributed by atoms with E-state index in [9.17, 15) is 0 Å². The minimum absolute atomic E-state index is 0.397. The fourth-order valence-corrected chi connectivity index (χ4v) is 4.41. The fraction of sp³-hybridized carbons (Fsp3) is 1.00. The van der Waals surface area contributed by atoms with Gasteiger partial charge in [0.1, 0.15) is 0 Å². The predicted molar refractivity (Wildman–Crippen MR) is 82.4 cm³/mol. The van der Waals surface area contributed by atoms with Crippen molar-refractivity contribution < 1.29 is 0 Å². The quantitative estimate of drug-likeness (QED) is 0.845. The molecule has 0 bridgehead atoms. The molecule has 2 fully saturated rings. The summed E-state index contributed by atoms with van der Waals surface area (Å²) in [6.07, 6.45) is 10.5. The number of hydrogen-bond acceptors (Lipinski definition) is 3. The maximum absolute atomic E-state index is 3.78. The van der Waals surface area contributed by atoms with E-state index in [1.807, 2.05) is 0 Å². The third-order valence-electron chi connectivity index (χ3n) is 5.25. The van der Waals surface area contributed by atoms with E-state index in [2.05, 4.69) is 42.1 Å². The summed E-state index contributed by atoms with van der Waals surface area (Å²) in [5.74, 6) is 0. The van der Waals surface area contributed by atoms with Gasteiger partial charge >= 0.3 is 0 Å². The van der Waals surface area contributed by atoms with E-state index in [4.69, 9.17) is 0 Å². The SMILES string of the molecule is CCC1(CC)CN(C2CCC(SC)CC2)CCN1. The van der Waals surface area contributed by atoms with Crippen LogP contribution in [-0.2, 0) is 0 Å². The average molecular weight is 270 g/mol. The second-order valence-electron chi connectivity index (χ2n) is 6.05. The monoisotopic (exact) mass is 270 g/mol.